The summed E-state index contributed by atoms with van der Waals surface area (Å²) in [5.74, 6) is 1.73. The van der Waals surface area contributed by atoms with Crippen LogP contribution in [0, 0.1) is 0 Å². The van der Waals surface area contributed by atoms with Crippen molar-refractivity contribution < 1.29 is 17.7 Å². The molecule has 0 fully saturated rings. The van der Waals surface area contributed by atoms with Crippen molar-refractivity contribution in [2.24, 2.45) is 0 Å². The van der Waals surface area contributed by atoms with Crippen LogP contribution in [-0.2, 0) is 16.3 Å². The number of rotatable bonds is 6. The molecule has 0 saturated heterocycles. The maximum atomic E-state index is 11.2. The van der Waals surface area contributed by atoms with E-state index in [2.05, 4.69) is 20.1 Å². The molecular formula is C16H16N4O4S. The van der Waals surface area contributed by atoms with Crippen LogP contribution >= 0.6 is 0 Å². The highest BCUT2D eigenvalue weighted by molar-refractivity contribution is 7.90. The molecule has 0 unspecified atom stereocenters. The van der Waals surface area contributed by atoms with Crippen molar-refractivity contribution in [1.82, 2.24) is 20.1 Å². The van der Waals surface area contributed by atoms with E-state index in [1.54, 1.807) is 19.5 Å². The fourth-order valence-electron chi connectivity index (χ4n) is 2.16. The van der Waals surface area contributed by atoms with E-state index >= 15 is 0 Å². The molecule has 1 aromatic carbocycles. The molecule has 3 aromatic rings. The Hall–Kier alpha value is -2.81. The molecule has 0 spiro atoms. The van der Waals surface area contributed by atoms with E-state index < -0.39 is 9.84 Å². The van der Waals surface area contributed by atoms with Crippen LogP contribution in [0.5, 0.6) is 5.75 Å². The van der Waals surface area contributed by atoms with Gasteiger partial charge >= 0.3 is 0 Å². The summed E-state index contributed by atoms with van der Waals surface area (Å²) in [5, 5.41) is 3.78. The van der Waals surface area contributed by atoms with Crippen LogP contribution in [0.3, 0.4) is 0 Å². The third-order valence-electron chi connectivity index (χ3n) is 3.41. The molecule has 25 heavy (non-hydrogen) atoms. The monoisotopic (exact) mass is 360 g/mol. The summed E-state index contributed by atoms with van der Waals surface area (Å²) >= 11 is 0. The van der Waals surface area contributed by atoms with Gasteiger partial charge in [0, 0.05) is 25.1 Å². The molecule has 9 heteroatoms. The summed E-state index contributed by atoms with van der Waals surface area (Å²) in [4.78, 5) is 12.8. The number of aromatic nitrogens is 4. The molecule has 130 valence electrons. The highest BCUT2D eigenvalue weighted by Crippen LogP contribution is 2.27. The molecule has 0 saturated carbocycles. The Morgan fingerprint density at radius 3 is 2.56 bits per heavy atom. The maximum Gasteiger partial charge on any atom is 0.261 e. The smallest absolute Gasteiger partial charge is 0.261 e. The molecule has 0 aliphatic carbocycles. The number of sulfone groups is 1. The van der Waals surface area contributed by atoms with Crippen LogP contribution in [0.1, 0.15) is 5.82 Å². The van der Waals surface area contributed by atoms with Crippen LogP contribution in [0.4, 0.5) is 0 Å². The Morgan fingerprint density at radius 2 is 1.88 bits per heavy atom. The Labute approximate surface area is 144 Å². The molecule has 0 N–H and O–H groups in total. The second-order valence-corrected chi connectivity index (χ2v) is 7.65. The lowest BCUT2D eigenvalue weighted by Gasteiger charge is -2.06. The summed E-state index contributed by atoms with van der Waals surface area (Å²) < 4.78 is 32.8. The lowest BCUT2D eigenvalue weighted by Crippen LogP contribution is -2.06. The van der Waals surface area contributed by atoms with Crippen LogP contribution in [0.25, 0.3) is 22.8 Å². The van der Waals surface area contributed by atoms with Crippen LogP contribution in [0.15, 0.2) is 41.2 Å². The highest BCUT2D eigenvalue weighted by atomic mass is 32.2. The minimum atomic E-state index is -3.08. The third-order valence-corrected chi connectivity index (χ3v) is 4.36. The van der Waals surface area contributed by atoms with Crippen LogP contribution in [0.2, 0.25) is 0 Å². The summed E-state index contributed by atoms with van der Waals surface area (Å²) in [6.07, 6.45) is 4.51. The van der Waals surface area contributed by atoms with Gasteiger partial charge in [0.25, 0.3) is 5.89 Å². The van der Waals surface area contributed by atoms with E-state index in [4.69, 9.17) is 9.26 Å². The summed E-state index contributed by atoms with van der Waals surface area (Å²) in [5.41, 5.74) is 1.33. The average molecular weight is 360 g/mol. The summed E-state index contributed by atoms with van der Waals surface area (Å²) in [7, 11) is -1.49. The van der Waals surface area contributed by atoms with Gasteiger partial charge in [-0.25, -0.2) is 18.4 Å². The fraction of sp³-hybridized carbons (Fsp3) is 0.250. The molecular weight excluding hydrogens is 344 g/mol. The molecule has 0 amide bonds. The number of benzene rings is 1. The standard InChI is InChI=1S/C16H16N4O4S/c1-23-13-6-4-3-5-12(13)15-17-9-11(10-18-15)16-19-14(20-24-16)7-8-25(2,21)22/h3-6,9-10H,7-8H2,1-2H3. The van der Waals surface area contributed by atoms with Gasteiger partial charge in [0.05, 0.1) is 24.0 Å². The Balaban J connectivity index is 1.80. The van der Waals surface area contributed by atoms with E-state index in [0.29, 0.717) is 23.0 Å². The average Bonchev–Trinajstić information content (AvgIpc) is 3.09. The second-order valence-electron chi connectivity index (χ2n) is 5.39. The zero-order valence-corrected chi connectivity index (χ0v) is 14.5. The van der Waals surface area contributed by atoms with Gasteiger partial charge < -0.3 is 9.26 Å². The van der Waals surface area contributed by atoms with Crippen molar-refractivity contribution in [3.63, 3.8) is 0 Å². The van der Waals surface area contributed by atoms with Gasteiger partial charge in [0.2, 0.25) is 0 Å². The predicted octanol–water partition coefficient (Wildman–Crippen LogP) is 1.79. The summed E-state index contributed by atoms with van der Waals surface area (Å²) in [6.45, 7) is 0. The van der Waals surface area contributed by atoms with Crippen molar-refractivity contribution in [2.45, 2.75) is 6.42 Å². The fourth-order valence-corrected chi connectivity index (χ4v) is 2.71. The minimum Gasteiger partial charge on any atom is -0.496 e. The zero-order valence-electron chi connectivity index (χ0n) is 13.7. The van der Waals surface area contributed by atoms with E-state index in [1.807, 2.05) is 24.3 Å². The maximum absolute atomic E-state index is 11.2. The van der Waals surface area contributed by atoms with Gasteiger partial charge in [0.1, 0.15) is 15.6 Å². The van der Waals surface area contributed by atoms with Gasteiger partial charge in [-0.2, -0.15) is 4.98 Å². The van der Waals surface area contributed by atoms with Crippen molar-refractivity contribution in [1.29, 1.82) is 0 Å². The highest BCUT2D eigenvalue weighted by Gasteiger charge is 2.13. The van der Waals surface area contributed by atoms with Crippen LogP contribution < -0.4 is 4.74 Å². The van der Waals surface area contributed by atoms with E-state index in [9.17, 15) is 8.42 Å². The molecule has 0 atom stereocenters. The molecule has 3 rings (SSSR count). The minimum absolute atomic E-state index is 0.0325. The Kier molecular flexibility index (Phi) is 4.75. The number of methoxy groups -OCH3 is 1. The van der Waals surface area contributed by atoms with Crippen molar-refractivity contribution in [2.75, 3.05) is 19.1 Å². The normalized spacial score (nSPS) is 11.4. The first-order valence-corrected chi connectivity index (χ1v) is 9.48. The van der Waals surface area contributed by atoms with Gasteiger partial charge in [-0.3, -0.25) is 0 Å². The second kappa shape index (κ2) is 6.98. The van der Waals surface area contributed by atoms with Crippen molar-refractivity contribution in [3.8, 4) is 28.6 Å². The van der Waals surface area contributed by atoms with E-state index in [-0.39, 0.29) is 18.1 Å². The third kappa shape index (κ3) is 4.18. The topological polar surface area (TPSA) is 108 Å². The first kappa shape index (κ1) is 17.0. The van der Waals surface area contributed by atoms with Crippen LogP contribution in [-0.4, -0.2) is 47.6 Å². The van der Waals surface area contributed by atoms with Gasteiger partial charge in [-0.1, -0.05) is 17.3 Å². The molecule has 0 aliphatic heterocycles. The molecule has 2 aromatic heterocycles. The predicted molar refractivity (Wildman–Crippen MR) is 90.7 cm³/mol. The number of hydrogen-bond donors (Lipinski definition) is 0. The first-order valence-electron chi connectivity index (χ1n) is 7.42. The largest absolute Gasteiger partial charge is 0.496 e. The zero-order chi connectivity index (χ0) is 17.9. The quantitative estimate of drug-likeness (QED) is 0.654. The van der Waals surface area contributed by atoms with Crippen molar-refractivity contribution >= 4 is 9.84 Å². The number of hydrogen-bond acceptors (Lipinski definition) is 8. The van der Waals surface area contributed by atoms with Gasteiger partial charge in [-0.15, -0.1) is 0 Å². The number of ether oxygens (including phenoxy) is 1. The molecule has 0 aliphatic rings. The van der Waals surface area contributed by atoms with Crippen molar-refractivity contribution in [3.05, 3.63) is 42.5 Å². The van der Waals surface area contributed by atoms with E-state index in [0.717, 1.165) is 5.56 Å². The van der Waals surface area contributed by atoms with Gasteiger partial charge in [0.15, 0.2) is 11.6 Å². The SMILES string of the molecule is COc1ccccc1-c1ncc(-c2nc(CCS(C)(=O)=O)no2)cn1. The number of aryl methyl sites for hydroxylation is 1. The number of nitrogens with zero attached hydrogens (tertiary/aromatic N) is 4. The van der Waals surface area contributed by atoms with Gasteiger partial charge in [-0.05, 0) is 12.1 Å². The molecule has 0 bridgehead atoms. The van der Waals surface area contributed by atoms with E-state index in [1.165, 1.54) is 6.26 Å². The number of para-hydroxylation sites is 1. The lowest BCUT2D eigenvalue weighted by atomic mass is 10.2. The molecule has 0 radical (unpaired) electrons. The lowest BCUT2D eigenvalue weighted by molar-refractivity contribution is 0.416. The Morgan fingerprint density at radius 1 is 1.16 bits per heavy atom. The summed E-state index contributed by atoms with van der Waals surface area (Å²) in [6, 6.07) is 7.44. The molecule has 8 nitrogen and oxygen atoms in total. The molecule has 2 heterocycles. The Bertz CT molecular complexity index is 968. The first-order chi connectivity index (χ1) is 12.0.